The molecule has 0 saturated heterocycles. The number of hydrogen-bond donors (Lipinski definition) is 4. The van der Waals surface area contributed by atoms with Gasteiger partial charge in [-0.2, -0.15) is 0 Å². The molecular formula is C25H41NO7. The van der Waals surface area contributed by atoms with Crippen LogP contribution in [-0.4, -0.2) is 51.1 Å². The molecule has 1 amide bonds. The second kappa shape index (κ2) is 16.4. The number of carboxylic acid groups (broad SMARTS) is 2. The van der Waals surface area contributed by atoms with Crippen molar-refractivity contribution in [2.24, 2.45) is 11.8 Å². The molecule has 188 valence electrons. The van der Waals surface area contributed by atoms with E-state index in [0.29, 0.717) is 18.6 Å². The summed E-state index contributed by atoms with van der Waals surface area (Å²) in [7, 11) is 0. The molecule has 1 aliphatic carbocycles. The van der Waals surface area contributed by atoms with E-state index >= 15 is 0 Å². The van der Waals surface area contributed by atoms with Crippen molar-refractivity contribution >= 4 is 23.6 Å². The Balaban J connectivity index is 2.27. The number of carbonyl (C=O) groups excluding carboxylic acids is 2. The number of aliphatic hydroxyl groups excluding tert-OH is 1. The molecule has 0 bridgehead atoms. The van der Waals surface area contributed by atoms with E-state index in [1.165, 1.54) is 0 Å². The molecule has 1 aliphatic rings. The number of carbonyl (C=O) groups is 4. The summed E-state index contributed by atoms with van der Waals surface area (Å²) in [5.41, 5.74) is 0. The van der Waals surface area contributed by atoms with Crippen molar-refractivity contribution in [3.63, 3.8) is 0 Å². The second-order valence-corrected chi connectivity index (χ2v) is 9.07. The lowest BCUT2D eigenvalue weighted by Crippen LogP contribution is -2.41. The SMILES string of the molecule is CCCCC[C@H](O)/C=C/[C@H]1CCC(=O)[C@@H]1CCCCCCC(=O)N[C@@H](CCC(=O)O)C(=O)O. The fourth-order valence-electron chi connectivity index (χ4n) is 4.31. The van der Waals surface area contributed by atoms with E-state index in [2.05, 4.69) is 12.2 Å². The minimum Gasteiger partial charge on any atom is -0.481 e. The Hall–Kier alpha value is -2.22. The topological polar surface area (TPSA) is 141 Å². The second-order valence-electron chi connectivity index (χ2n) is 9.07. The number of hydrogen-bond acceptors (Lipinski definition) is 5. The first-order valence-electron chi connectivity index (χ1n) is 12.4. The molecule has 1 fully saturated rings. The lowest BCUT2D eigenvalue weighted by molar-refractivity contribution is -0.143. The lowest BCUT2D eigenvalue weighted by Gasteiger charge is -2.16. The van der Waals surface area contributed by atoms with Gasteiger partial charge in [0.15, 0.2) is 0 Å². The Morgan fingerprint density at radius 2 is 1.76 bits per heavy atom. The molecule has 0 aromatic carbocycles. The van der Waals surface area contributed by atoms with Crippen LogP contribution < -0.4 is 5.32 Å². The quantitative estimate of drug-likeness (QED) is 0.177. The maximum atomic E-state index is 12.3. The molecule has 1 saturated carbocycles. The molecule has 0 unspecified atom stereocenters. The van der Waals surface area contributed by atoms with Gasteiger partial charge in [-0.3, -0.25) is 14.4 Å². The van der Waals surface area contributed by atoms with Crippen LogP contribution in [0.4, 0.5) is 0 Å². The third-order valence-electron chi connectivity index (χ3n) is 6.29. The average Bonchev–Trinajstić information content (AvgIpc) is 3.11. The molecule has 0 radical (unpaired) electrons. The predicted octanol–water partition coefficient (Wildman–Crippen LogP) is 3.85. The van der Waals surface area contributed by atoms with Gasteiger partial charge < -0.3 is 20.6 Å². The average molecular weight is 468 g/mol. The van der Waals surface area contributed by atoms with E-state index < -0.39 is 24.1 Å². The molecule has 8 nitrogen and oxygen atoms in total. The molecule has 0 aromatic rings. The molecule has 33 heavy (non-hydrogen) atoms. The molecular weight excluding hydrogens is 426 g/mol. The van der Waals surface area contributed by atoms with Crippen LogP contribution in [0.1, 0.15) is 96.8 Å². The van der Waals surface area contributed by atoms with Crippen molar-refractivity contribution < 1.29 is 34.5 Å². The minimum absolute atomic E-state index is 0.0120. The van der Waals surface area contributed by atoms with Crippen LogP contribution in [0.5, 0.6) is 0 Å². The first kappa shape index (κ1) is 28.8. The van der Waals surface area contributed by atoms with Gasteiger partial charge >= 0.3 is 11.9 Å². The number of rotatable bonds is 18. The summed E-state index contributed by atoms with van der Waals surface area (Å²) >= 11 is 0. The Morgan fingerprint density at radius 1 is 1.03 bits per heavy atom. The number of nitrogens with one attached hydrogen (secondary N) is 1. The maximum Gasteiger partial charge on any atom is 0.326 e. The zero-order chi connectivity index (χ0) is 24.6. The molecule has 1 rings (SSSR count). The predicted molar refractivity (Wildman–Crippen MR) is 125 cm³/mol. The molecule has 8 heteroatoms. The summed E-state index contributed by atoms with van der Waals surface area (Å²) in [6.45, 7) is 2.13. The lowest BCUT2D eigenvalue weighted by atomic mass is 9.89. The van der Waals surface area contributed by atoms with Crippen molar-refractivity contribution in [2.75, 3.05) is 0 Å². The Bertz CT molecular complexity index is 661. The number of unbranched alkanes of at least 4 members (excludes halogenated alkanes) is 5. The van der Waals surface area contributed by atoms with Crippen LogP contribution in [-0.2, 0) is 19.2 Å². The highest BCUT2D eigenvalue weighted by Crippen LogP contribution is 2.34. The first-order valence-corrected chi connectivity index (χ1v) is 12.4. The molecule has 4 atom stereocenters. The number of aliphatic hydroxyl groups is 1. The van der Waals surface area contributed by atoms with Crippen LogP contribution in [0.3, 0.4) is 0 Å². The van der Waals surface area contributed by atoms with Crippen LogP contribution in [0, 0.1) is 11.8 Å². The van der Waals surface area contributed by atoms with Gasteiger partial charge in [-0.25, -0.2) is 4.79 Å². The van der Waals surface area contributed by atoms with E-state index in [-0.39, 0.29) is 37.0 Å². The molecule has 0 aliphatic heterocycles. The van der Waals surface area contributed by atoms with Gasteiger partial charge in [0.25, 0.3) is 0 Å². The van der Waals surface area contributed by atoms with E-state index in [4.69, 9.17) is 10.2 Å². The molecule has 0 spiro atoms. The fourth-order valence-corrected chi connectivity index (χ4v) is 4.31. The highest BCUT2D eigenvalue weighted by molar-refractivity contribution is 5.84. The summed E-state index contributed by atoms with van der Waals surface area (Å²) in [5.74, 6) is -2.21. The van der Waals surface area contributed by atoms with E-state index in [0.717, 1.165) is 57.8 Å². The third-order valence-corrected chi connectivity index (χ3v) is 6.29. The molecule has 0 heterocycles. The number of carboxylic acids is 2. The molecule has 0 aromatic heterocycles. The number of allylic oxidation sites excluding steroid dienone is 1. The van der Waals surface area contributed by atoms with Crippen molar-refractivity contribution in [2.45, 2.75) is 109 Å². The van der Waals surface area contributed by atoms with Gasteiger partial charge in [-0.1, -0.05) is 57.6 Å². The monoisotopic (exact) mass is 467 g/mol. The zero-order valence-electron chi connectivity index (χ0n) is 19.8. The van der Waals surface area contributed by atoms with Crippen LogP contribution >= 0.6 is 0 Å². The number of amides is 1. The van der Waals surface area contributed by atoms with Gasteiger partial charge in [0, 0.05) is 25.2 Å². The largest absolute Gasteiger partial charge is 0.481 e. The summed E-state index contributed by atoms with van der Waals surface area (Å²) in [4.78, 5) is 45.9. The summed E-state index contributed by atoms with van der Waals surface area (Å²) in [6.07, 6.45) is 12.6. The van der Waals surface area contributed by atoms with Gasteiger partial charge in [0.2, 0.25) is 5.91 Å². The maximum absolute atomic E-state index is 12.3. The summed E-state index contributed by atoms with van der Waals surface area (Å²) in [5, 5.41) is 30.2. The smallest absolute Gasteiger partial charge is 0.326 e. The Morgan fingerprint density at radius 3 is 2.42 bits per heavy atom. The number of aliphatic carboxylic acids is 2. The molecule has 4 N–H and O–H groups in total. The Kier molecular flexibility index (Phi) is 14.3. The van der Waals surface area contributed by atoms with Gasteiger partial charge in [0.1, 0.15) is 11.8 Å². The standard InChI is InChI=1S/C25H41NO7/c1-2-3-6-9-19(27)14-12-18-13-16-22(28)20(18)10-7-4-5-8-11-23(29)26-21(25(32)33)15-17-24(30)31/h12,14,18-21,27H,2-11,13,15-17H2,1H3,(H,26,29)(H,30,31)(H,32,33)/b14-12+/t18-,19-,20+,21-/m0/s1. The van der Waals surface area contributed by atoms with Gasteiger partial charge in [-0.15, -0.1) is 0 Å². The van der Waals surface area contributed by atoms with E-state index in [1.807, 2.05) is 12.2 Å². The fraction of sp³-hybridized carbons (Fsp3) is 0.760. The van der Waals surface area contributed by atoms with Crippen molar-refractivity contribution in [1.29, 1.82) is 0 Å². The highest BCUT2D eigenvalue weighted by Gasteiger charge is 2.32. The highest BCUT2D eigenvalue weighted by atomic mass is 16.4. The summed E-state index contributed by atoms with van der Waals surface area (Å²) < 4.78 is 0. The van der Waals surface area contributed by atoms with Crippen molar-refractivity contribution in [1.82, 2.24) is 5.32 Å². The zero-order valence-corrected chi connectivity index (χ0v) is 19.8. The van der Waals surface area contributed by atoms with E-state index in [1.54, 1.807) is 0 Å². The number of ketones is 1. The first-order chi connectivity index (χ1) is 15.7. The van der Waals surface area contributed by atoms with Crippen molar-refractivity contribution in [3.05, 3.63) is 12.2 Å². The third kappa shape index (κ3) is 12.6. The Labute approximate surface area is 196 Å². The minimum atomic E-state index is -1.23. The van der Waals surface area contributed by atoms with E-state index in [9.17, 15) is 24.3 Å². The summed E-state index contributed by atoms with van der Waals surface area (Å²) in [6, 6.07) is -1.18. The van der Waals surface area contributed by atoms with Crippen LogP contribution in [0.25, 0.3) is 0 Å². The van der Waals surface area contributed by atoms with Gasteiger partial charge in [-0.05, 0) is 38.0 Å². The van der Waals surface area contributed by atoms with Crippen molar-refractivity contribution in [3.8, 4) is 0 Å². The van der Waals surface area contributed by atoms with Crippen LogP contribution in [0.2, 0.25) is 0 Å². The normalized spacial score (nSPS) is 20.1. The van der Waals surface area contributed by atoms with Gasteiger partial charge in [0.05, 0.1) is 6.10 Å². The van der Waals surface area contributed by atoms with Crippen LogP contribution in [0.15, 0.2) is 12.2 Å². The number of Topliss-reactive ketones (excluding diaryl/α,β-unsaturated/α-hetero) is 1.